The first-order valence-corrected chi connectivity index (χ1v) is 11.7. The molecule has 2 aliphatic rings. The highest BCUT2D eigenvalue weighted by Crippen LogP contribution is 2.28. The van der Waals surface area contributed by atoms with Crippen molar-refractivity contribution in [1.82, 2.24) is 9.80 Å². The van der Waals surface area contributed by atoms with Crippen LogP contribution >= 0.6 is 0 Å². The van der Waals surface area contributed by atoms with Crippen LogP contribution in [0.4, 0.5) is 5.69 Å². The molecule has 0 aromatic heterocycles. The van der Waals surface area contributed by atoms with Gasteiger partial charge in [0.15, 0.2) is 0 Å². The van der Waals surface area contributed by atoms with Gasteiger partial charge in [-0.15, -0.1) is 0 Å². The Bertz CT molecular complexity index is 759. The molecule has 170 valence electrons. The van der Waals surface area contributed by atoms with Gasteiger partial charge >= 0.3 is 0 Å². The van der Waals surface area contributed by atoms with Crippen molar-refractivity contribution in [3.05, 3.63) is 30.3 Å². The van der Waals surface area contributed by atoms with E-state index in [1.54, 1.807) is 4.90 Å². The molecule has 2 heterocycles. The van der Waals surface area contributed by atoms with E-state index in [2.05, 4.69) is 27.7 Å². The fourth-order valence-corrected chi connectivity index (χ4v) is 4.73. The smallest absolute Gasteiger partial charge is 0.228 e. The molecule has 6 nitrogen and oxygen atoms in total. The molecule has 0 bridgehead atoms. The normalized spacial score (nSPS) is 20.1. The quantitative estimate of drug-likeness (QED) is 0.670. The number of amides is 3. The third-order valence-corrected chi connectivity index (χ3v) is 6.18. The van der Waals surface area contributed by atoms with Gasteiger partial charge in [0.1, 0.15) is 0 Å². The van der Waals surface area contributed by atoms with Gasteiger partial charge in [0.2, 0.25) is 17.7 Å². The molecule has 0 radical (unpaired) electrons. The molecule has 31 heavy (non-hydrogen) atoms. The van der Waals surface area contributed by atoms with Gasteiger partial charge in [-0.3, -0.25) is 14.4 Å². The largest absolute Gasteiger partial charge is 0.342 e. The minimum atomic E-state index is -0.293. The van der Waals surface area contributed by atoms with E-state index in [4.69, 9.17) is 0 Å². The number of hydrogen-bond acceptors (Lipinski definition) is 3. The minimum Gasteiger partial charge on any atom is -0.342 e. The summed E-state index contributed by atoms with van der Waals surface area (Å²) in [5, 5.41) is 0. The number of carbonyl (C=O) groups excluding carboxylic acids is 3. The zero-order chi connectivity index (χ0) is 22.5. The lowest BCUT2D eigenvalue weighted by Gasteiger charge is -2.36. The van der Waals surface area contributed by atoms with Crippen molar-refractivity contribution >= 4 is 23.4 Å². The Balaban J connectivity index is 1.55. The number of hydrogen-bond donors (Lipinski definition) is 0. The number of carbonyl (C=O) groups is 3. The molecule has 1 unspecified atom stereocenters. The molecule has 0 aliphatic carbocycles. The van der Waals surface area contributed by atoms with Gasteiger partial charge in [-0.05, 0) is 36.8 Å². The Morgan fingerprint density at radius 3 is 2.10 bits per heavy atom. The highest BCUT2D eigenvalue weighted by Gasteiger charge is 2.39. The first kappa shape index (κ1) is 23.3. The fourth-order valence-electron chi connectivity index (χ4n) is 4.73. The van der Waals surface area contributed by atoms with E-state index < -0.39 is 0 Å². The van der Waals surface area contributed by atoms with Crippen LogP contribution in [0.25, 0.3) is 0 Å². The Labute approximate surface area is 186 Å². The summed E-state index contributed by atoms with van der Waals surface area (Å²) in [6.07, 6.45) is 1.68. The topological polar surface area (TPSA) is 60.9 Å². The number of nitrogens with zero attached hydrogens (tertiary/aromatic N) is 3. The van der Waals surface area contributed by atoms with Crippen LogP contribution in [0.15, 0.2) is 30.3 Å². The minimum absolute atomic E-state index is 0.00687. The van der Waals surface area contributed by atoms with Crippen LogP contribution in [-0.2, 0) is 14.4 Å². The van der Waals surface area contributed by atoms with E-state index in [0.717, 1.165) is 18.8 Å². The average Bonchev–Trinajstić information content (AvgIpc) is 3.14. The van der Waals surface area contributed by atoms with Crippen molar-refractivity contribution in [2.75, 3.05) is 37.6 Å². The molecule has 0 spiro atoms. The van der Waals surface area contributed by atoms with Crippen LogP contribution in [-0.4, -0.2) is 60.2 Å². The van der Waals surface area contributed by atoms with Crippen LogP contribution in [0.5, 0.6) is 0 Å². The standard InChI is InChI=1S/C25H37N3O3/c1-18(2)15-27(16-19(3)4)24(30)20-10-12-26(13-11-20)25(31)21-14-23(29)28(17-21)22-8-6-5-7-9-22/h5-9,18-21H,10-17H2,1-4H3. The Kier molecular flexibility index (Phi) is 7.74. The third kappa shape index (κ3) is 5.86. The zero-order valence-corrected chi connectivity index (χ0v) is 19.4. The summed E-state index contributed by atoms with van der Waals surface area (Å²) >= 11 is 0. The second-order valence-corrected chi connectivity index (χ2v) is 9.87. The Morgan fingerprint density at radius 2 is 1.55 bits per heavy atom. The van der Waals surface area contributed by atoms with Gasteiger partial charge in [-0.2, -0.15) is 0 Å². The van der Waals surface area contributed by atoms with Crippen LogP contribution in [0, 0.1) is 23.7 Å². The van der Waals surface area contributed by atoms with Crippen molar-refractivity contribution < 1.29 is 14.4 Å². The molecule has 2 aliphatic heterocycles. The Hall–Kier alpha value is -2.37. The Morgan fingerprint density at radius 1 is 0.968 bits per heavy atom. The summed E-state index contributed by atoms with van der Waals surface area (Å²) in [4.78, 5) is 44.3. The van der Waals surface area contributed by atoms with E-state index in [9.17, 15) is 14.4 Å². The van der Waals surface area contributed by atoms with Crippen molar-refractivity contribution in [3.63, 3.8) is 0 Å². The molecule has 1 atom stereocenters. The first-order valence-electron chi connectivity index (χ1n) is 11.7. The number of rotatable bonds is 7. The van der Waals surface area contributed by atoms with E-state index in [0.29, 0.717) is 44.3 Å². The second-order valence-electron chi connectivity index (χ2n) is 9.87. The molecule has 1 aromatic carbocycles. The van der Waals surface area contributed by atoms with E-state index >= 15 is 0 Å². The van der Waals surface area contributed by atoms with Gasteiger partial charge in [0.05, 0.1) is 5.92 Å². The van der Waals surface area contributed by atoms with Crippen molar-refractivity contribution in [3.8, 4) is 0 Å². The molecular weight excluding hydrogens is 390 g/mol. The maximum absolute atomic E-state index is 13.1. The third-order valence-electron chi connectivity index (χ3n) is 6.18. The monoisotopic (exact) mass is 427 g/mol. The van der Waals surface area contributed by atoms with Crippen molar-refractivity contribution in [2.24, 2.45) is 23.7 Å². The van der Waals surface area contributed by atoms with Gasteiger partial charge in [0, 0.05) is 50.7 Å². The van der Waals surface area contributed by atoms with Gasteiger partial charge in [-0.25, -0.2) is 0 Å². The lowest BCUT2D eigenvalue weighted by molar-refractivity contribution is -0.143. The summed E-state index contributed by atoms with van der Waals surface area (Å²) in [6, 6.07) is 9.54. The first-order chi connectivity index (χ1) is 14.8. The maximum atomic E-state index is 13.1. The summed E-state index contributed by atoms with van der Waals surface area (Å²) in [7, 11) is 0. The van der Waals surface area contributed by atoms with E-state index in [-0.39, 0.29) is 36.0 Å². The fraction of sp³-hybridized carbons (Fsp3) is 0.640. The lowest BCUT2D eigenvalue weighted by Crippen LogP contribution is -2.47. The van der Waals surface area contributed by atoms with Crippen molar-refractivity contribution in [2.45, 2.75) is 47.0 Å². The van der Waals surface area contributed by atoms with Crippen LogP contribution in [0.2, 0.25) is 0 Å². The molecular formula is C25H37N3O3. The van der Waals surface area contributed by atoms with Gasteiger partial charge in [0.25, 0.3) is 0 Å². The second kappa shape index (κ2) is 10.3. The SMILES string of the molecule is CC(C)CN(CC(C)C)C(=O)C1CCN(C(=O)C2CC(=O)N(c3ccccc3)C2)CC1. The highest BCUT2D eigenvalue weighted by molar-refractivity contribution is 6.00. The summed E-state index contributed by atoms with van der Waals surface area (Å²) in [6.45, 7) is 11.8. The van der Waals surface area contributed by atoms with E-state index in [1.165, 1.54) is 0 Å². The molecule has 3 rings (SSSR count). The summed E-state index contributed by atoms with van der Waals surface area (Å²) in [5.41, 5.74) is 0.850. The number of likely N-dealkylation sites (tertiary alicyclic amines) is 1. The van der Waals surface area contributed by atoms with Crippen molar-refractivity contribution in [1.29, 1.82) is 0 Å². The predicted molar refractivity (Wildman–Crippen MR) is 122 cm³/mol. The number of piperidine rings is 1. The lowest BCUT2D eigenvalue weighted by atomic mass is 9.93. The molecule has 2 saturated heterocycles. The molecule has 0 saturated carbocycles. The molecule has 6 heteroatoms. The number of benzene rings is 1. The van der Waals surface area contributed by atoms with E-state index in [1.807, 2.05) is 40.1 Å². The zero-order valence-electron chi connectivity index (χ0n) is 19.4. The average molecular weight is 428 g/mol. The molecule has 3 amide bonds. The van der Waals surface area contributed by atoms with Crippen LogP contribution < -0.4 is 4.90 Å². The molecule has 0 N–H and O–H groups in total. The van der Waals surface area contributed by atoms with Crippen LogP contribution in [0.1, 0.15) is 47.0 Å². The summed E-state index contributed by atoms with van der Waals surface area (Å²) in [5.74, 6) is 0.881. The molecule has 2 fully saturated rings. The predicted octanol–water partition coefficient (Wildman–Crippen LogP) is 3.42. The highest BCUT2D eigenvalue weighted by atomic mass is 16.2. The maximum Gasteiger partial charge on any atom is 0.228 e. The van der Waals surface area contributed by atoms with Gasteiger partial charge in [-0.1, -0.05) is 45.9 Å². The van der Waals surface area contributed by atoms with Gasteiger partial charge < -0.3 is 14.7 Å². The van der Waals surface area contributed by atoms with Crippen LogP contribution in [0.3, 0.4) is 0 Å². The number of anilines is 1. The number of para-hydroxylation sites is 1. The molecule has 1 aromatic rings. The summed E-state index contributed by atoms with van der Waals surface area (Å²) < 4.78 is 0.